The van der Waals surface area contributed by atoms with Crippen LogP contribution in [0.4, 0.5) is 0 Å². The van der Waals surface area contributed by atoms with E-state index >= 15 is 0 Å². The third-order valence-electron chi connectivity index (χ3n) is 5.73. The average Bonchev–Trinajstić information content (AvgIpc) is 2.60. The summed E-state index contributed by atoms with van der Waals surface area (Å²) in [6.07, 6.45) is 5.16. The third-order valence-corrected chi connectivity index (χ3v) is 5.73. The SMILES string of the molecule is CC1(C)[C@@H]2CC[C@@H](C2)[C@@]12C[C@@H]2C(N)=O. The first-order chi connectivity index (χ1) is 6.50. The lowest BCUT2D eigenvalue weighted by molar-refractivity contribution is -0.121. The van der Waals surface area contributed by atoms with E-state index in [1.165, 1.54) is 19.3 Å². The molecule has 14 heavy (non-hydrogen) atoms. The summed E-state index contributed by atoms with van der Waals surface area (Å²) in [4.78, 5) is 11.3. The minimum Gasteiger partial charge on any atom is -0.369 e. The van der Waals surface area contributed by atoms with E-state index in [-0.39, 0.29) is 11.8 Å². The van der Waals surface area contributed by atoms with Crippen molar-refractivity contribution in [2.45, 2.75) is 39.5 Å². The molecule has 3 fully saturated rings. The quantitative estimate of drug-likeness (QED) is 0.679. The van der Waals surface area contributed by atoms with Gasteiger partial charge in [0.2, 0.25) is 5.91 Å². The minimum absolute atomic E-state index is 0.0503. The molecular formula is C12H19NO. The molecule has 0 radical (unpaired) electrons. The number of primary amides is 1. The van der Waals surface area contributed by atoms with Crippen molar-refractivity contribution in [3.05, 3.63) is 0 Å². The lowest BCUT2D eigenvalue weighted by Gasteiger charge is -2.39. The highest BCUT2D eigenvalue weighted by Crippen LogP contribution is 2.79. The number of rotatable bonds is 1. The number of nitrogens with two attached hydrogens (primary N) is 1. The molecule has 4 atom stereocenters. The van der Waals surface area contributed by atoms with E-state index in [1.54, 1.807) is 0 Å². The molecule has 3 aliphatic carbocycles. The Morgan fingerprint density at radius 1 is 1.29 bits per heavy atom. The number of hydrogen-bond acceptors (Lipinski definition) is 1. The van der Waals surface area contributed by atoms with Gasteiger partial charge in [-0.3, -0.25) is 4.79 Å². The Bertz CT molecular complexity index is 309. The highest BCUT2D eigenvalue weighted by atomic mass is 16.1. The van der Waals surface area contributed by atoms with Crippen molar-refractivity contribution >= 4 is 5.91 Å². The largest absolute Gasteiger partial charge is 0.369 e. The van der Waals surface area contributed by atoms with Crippen molar-refractivity contribution in [1.29, 1.82) is 0 Å². The summed E-state index contributed by atoms with van der Waals surface area (Å²) in [6.45, 7) is 4.72. The Labute approximate surface area is 85.2 Å². The fourth-order valence-electron chi connectivity index (χ4n) is 4.81. The first-order valence-electron chi connectivity index (χ1n) is 5.79. The first-order valence-corrected chi connectivity index (χ1v) is 5.79. The van der Waals surface area contributed by atoms with Crippen molar-refractivity contribution in [3.63, 3.8) is 0 Å². The van der Waals surface area contributed by atoms with Gasteiger partial charge >= 0.3 is 0 Å². The van der Waals surface area contributed by atoms with Crippen molar-refractivity contribution in [3.8, 4) is 0 Å². The maximum absolute atomic E-state index is 11.3. The summed E-state index contributed by atoms with van der Waals surface area (Å²) >= 11 is 0. The molecule has 0 aromatic rings. The van der Waals surface area contributed by atoms with Crippen molar-refractivity contribution in [1.82, 2.24) is 0 Å². The molecule has 0 unspecified atom stereocenters. The number of carbonyl (C=O) groups excluding carboxylic acids is 1. The second kappa shape index (κ2) is 2.17. The summed E-state index contributed by atoms with van der Waals surface area (Å²) in [7, 11) is 0. The van der Waals surface area contributed by atoms with Gasteiger partial charge in [-0.2, -0.15) is 0 Å². The molecule has 3 aliphatic rings. The van der Waals surface area contributed by atoms with Gasteiger partial charge in [0.1, 0.15) is 0 Å². The summed E-state index contributed by atoms with van der Waals surface area (Å²) in [5.41, 5.74) is 6.16. The van der Waals surface area contributed by atoms with Gasteiger partial charge in [0.05, 0.1) is 0 Å². The second-order valence-corrected chi connectivity index (χ2v) is 6.13. The van der Waals surface area contributed by atoms with Crippen molar-refractivity contribution in [2.24, 2.45) is 34.3 Å². The Morgan fingerprint density at radius 3 is 2.36 bits per heavy atom. The van der Waals surface area contributed by atoms with Gasteiger partial charge < -0.3 is 5.73 Å². The van der Waals surface area contributed by atoms with Crippen LogP contribution in [0.1, 0.15) is 39.5 Å². The van der Waals surface area contributed by atoms with Gasteiger partial charge in [-0.25, -0.2) is 0 Å². The van der Waals surface area contributed by atoms with Crippen LogP contribution in [0.2, 0.25) is 0 Å². The van der Waals surface area contributed by atoms with Gasteiger partial charge in [-0.15, -0.1) is 0 Å². The number of fused-ring (bicyclic) bond motifs is 3. The molecule has 2 nitrogen and oxygen atoms in total. The maximum atomic E-state index is 11.3. The number of hydrogen-bond donors (Lipinski definition) is 1. The Kier molecular flexibility index (Phi) is 1.36. The Balaban J connectivity index is 1.98. The molecule has 2 heteroatoms. The van der Waals surface area contributed by atoms with E-state index < -0.39 is 0 Å². The zero-order valence-electron chi connectivity index (χ0n) is 9.05. The molecule has 1 amide bonds. The zero-order valence-corrected chi connectivity index (χ0v) is 9.05. The Hall–Kier alpha value is -0.530. The van der Waals surface area contributed by atoms with Crippen molar-refractivity contribution < 1.29 is 4.79 Å². The van der Waals surface area contributed by atoms with E-state index in [0.717, 1.165) is 18.3 Å². The van der Waals surface area contributed by atoms with Crippen LogP contribution in [0.5, 0.6) is 0 Å². The molecule has 2 N–H and O–H groups in total. The summed E-state index contributed by atoms with van der Waals surface area (Å²) < 4.78 is 0. The molecule has 0 aliphatic heterocycles. The van der Waals surface area contributed by atoms with Crippen LogP contribution in [0.3, 0.4) is 0 Å². The van der Waals surface area contributed by atoms with Gasteiger partial charge in [-0.1, -0.05) is 13.8 Å². The van der Waals surface area contributed by atoms with E-state index in [1.807, 2.05) is 0 Å². The molecule has 0 heterocycles. The summed E-state index contributed by atoms with van der Waals surface area (Å²) in [5, 5.41) is 0. The van der Waals surface area contributed by atoms with Crippen LogP contribution < -0.4 is 5.73 Å². The molecule has 3 saturated carbocycles. The maximum Gasteiger partial charge on any atom is 0.221 e. The van der Waals surface area contributed by atoms with Crippen LogP contribution in [-0.4, -0.2) is 5.91 Å². The normalized spacial score (nSPS) is 52.6. The fourth-order valence-corrected chi connectivity index (χ4v) is 4.81. The molecule has 0 saturated heterocycles. The van der Waals surface area contributed by atoms with E-state index in [4.69, 9.17) is 5.73 Å². The fraction of sp³-hybridized carbons (Fsp3) is 0.917. The molecule has 2 bridgehead atoms. The van der Waals surface area contributed by atoms with Crippen LogP contribution >= 0.6 is 0 Å². The lowest BCUT2D eigenvalue weighted by atomic mass is 9.65. The third kappa shape index (κ3) is 0.697. The van der Waals surface area contributed by atoms with Crippen molar-refractivity contribution in [2.75, 3.05) is 0 Å². The highest BCUT2D eigenvalue weighted by Gasteiger charge is 2.75. The molecular weight excluding hydrogens is 174 g/mol. The number of carbonyl (C=O) groups is 1. The van der Waals surface area contributed by atoms with Gasteiger partial charge in [0.25, 0.3) is 0 Å². The van der Waals surface area contributed by atoms with E-state index in [2.05, 4.69) is 13.8 Å². The summed E-state index contributed by atoms with van der Waals surface area (Å²) in [5.74, 6) is 1.82. The minimum atomic E-state index is -0.0503. The molecule has 1 spiro atoms. The van der Waals surface area contributed by atoms with Gasteiger partial charge in [0.15, 0.2) is 0 Å². The standard InChI is InChI=1S/C12H19NO/c1-11(2)7-3-4-8(5-7)12(11)6-9(12)10(13)14/h7-9H,3-6H2,1-2H3,(H2,13,14)/t7-,8+,9-,12-/m1/s1. The van der Waals surface area contributed by atoms with Crippen LogP contribution in [0.15, 0.2) is 0 Å². The monoisotopic (exact) mass is 193 g/mol. The predicted octanol–water partition coefficient (Wildman–Crippen LogP) is 1.93. The summed E-state index contributed by atoms with van der Waals surface area (Å²) in [6, 6.07) is 0. The molecule has 0 aromatic heterocycles. The molecule has 78 valence electrons. The van der Waals surface area contributed by atoms with Gasteiger partial charge in [0, 0.05) is 5.92 Å². The zero-order chi connectivity index (χ0) is 10.1. The van der Waals surface area contributed by atoms with Crippen LogP contribution in [0.25, 0.3) is 0 Å². The topological polar surface area (TPSA) is 43.1 Å². The second-order valence-electron chi connectivity index (χ2n) is 6.13. The number of amides is 1. The predicted molar refractivity (Wildman–Crippen MR) is 54.3 cm³/mol. The smallest absolute Gasteiger partial charge is 0.221 e. The highest BCUT2D eigenvalue weighted by molar-refractivity contribution is 5.81. The molecule has 0 aromatic carbocycles. The lowest BCUT2D eigenvalue weighted by Crippen LogP contribution is -2.36. The first kappa shape index (κ1) is 8.75. The Morgan fingerprint density at radius 2 is 1.93 bits per heavy atom. The van der Waals surface area contributed by atoms with Crippen LogP contribution in [0, 0.1) is 28.6 Å². The van der Waals surface area contributed by atoms with E-state index in [9.17, 15) is 4.79 Å². The average molecular weight is 193 g/mol. The van der Waals surface area contributed by atoms with Gasteiger partial charge in [-0.05, 0) is 48.3 Å². The van der Waals surface area contributed by atoms with Crippen LogP contribution in [-0.2, 0) is 4.79 Å². The van der Waals surface area contributed by atoms with E-state index in [0.29, 0.717) is 10.8 Å². The molecule has 3 rings (SSSR count).